The maximum atomic E-state index is 11.9. The molecule has 0 saturated carbocycles. The molecule has 0 bridgehead atoms. The SMILES string of the molecule is CCOc1ccc(CCN2CC(CN=[N+]=[N-])CC2=O)cc1. The molecule has 112 valence electrons. The first-order chi connectivity index (χ1) is 10.2. The van der Waals surface area contributed by atoms with E-state index in [0.29, 0.717) is 32.7 Å². The Morgan fingerprint density at radius 3 is 2.86 bits per heavy atom. The maximum absolute atomic E-state index is 11.9. The molecule has 1 aromatic rings. The van der Waals surface area contributed by atoms with Crippen LogP contribution in [0, 0.1) is 5.92 Å². The van der Waals surface area contributed by atoms with Crippen molar-refractivity contribution in [3.05, 3.63) is 40.3 Å². The molecule has 1 amide bonds. The molecule has 6 heteroatoms. The number of carbonyl (C=O) groups excluding carboxylic acids is 1. The van der Waals surface area contributed by atoms with E-state index in [1.54, 1.807) is 0 Å². The molecule has 1 aromatic carbocycles. The van der Waals surface area contributed by atoms with E-state index in [1.807, 2.05) is 36.1 Å². The Labute approximate surface area is 124 Å². The molecule has 1 fully saturated rings. The number of carbonyl (C=O) groups is 1. The number of azide groups is 1. The number of nitrogens with zero attached hydrogens (tertiary/aromatic N) is 4. The molecule has 0 aliphatic carbocycles. The van der Waals surface area contributed by atoms with Crippen LogP contribution in [0.15, 0.2) is 29.4 Å². The molecule has 1 saturated heterocycles. The Hall–Kier alpha value is -2.20. The molecule has 0 radical (unpaired) electrons. The third-order valence-corrected chi connectivity index (χ3v) is 3.60. The molecule has 0 spiro atoms. The van der Waals surface area contributed by atoms with Gasteiger partial charge in [-0.25, -0.2) is 0 Å². The minimum atomic E-state index is 0.152. The molecule has 0 N–H and O–H groups in total. The van der Waals surface area contributed by atoms with E-state index in [-0.39, 0.29) is 11.8 Å². The van der Waals surface area contributed by atoms with Gasteiger partial charge in [-0.3, -0.25) is 4.79 Å². The first kappa shape index (κ1) is 15.2. The fourth-order valence-electron chi connectivity index (χ4n) is 2.53. The van der Waals surface area contributed by atoms with E-state index in [9.17, 15) is 4.79 Å². The first-order valence-electron chi connectivity index (χ1n) is 7.23. The second-order valence-corrected chi connectivity index (χ2v) is 5.15. The molecular weight excluding hydrogens is 268 g/mol. The lowest BCUT2D eigenvalue weighted by Crippen LogP contribution is -2.27. The quantitative estimate of drug-likeness (QED) is 0.439. The van der Waals surface area contributed by atoms with Crippen molar-refractivity contribution >= 4 is 5.91 Å². The highest BCUT2D eigenvalue weighted by Gasteiger charge is 2.28. The van der Waals surface area contributed by atoms with E-state index in [0.717, 1.165) is 12.2 Å². The van der Waals surface area contributed by atoms with Crippen LogP contribution >= 0.6 is 0 Å². The van der Waals surface area contributed by atoms with Crippen LogP contribution in [0.2, 0.25) is 0 Å². The summed E-state index contributed by atoms with van der Waals surface area (Å²) >= 11 is 0. The number of hydrogen-bond acceptors (Lipinski definition) is 3. The predicted octanol–water partition coefficient (Wildman–Crippen LogP) is 2.79. The molecule has 1 heterocycles. The second kappa shape index (κ2) is 7.55. The Morgan fingerprint density at radius 1 is 1.43 bits per heavy atom. The number of amides is 1. The summed E-state index contributed by atoms with van der Waals surface area (Å²) in [5.41, 5.74) is 9.51. The van der Waals surface area contributed by atoms with Gasteiger partial charge in [0.05, 0.1) is 6.61 Å². The lowest BCUT2D eigenvalue weighted by molar-refractivity contribution is -0.127. The van der Waals surface area contributed by atoms with E-state index >= 15 is 0 Å². The van der Waals surface area contributed by atoms with Crippen LogP contribution in [0.5, 0.6) is 5.75 Å². The highest BCUT2D eigenvalue weighted by molar-refractivity contribution is 5.78. The Balaban J connectivity index is 1.82. The van der Waals surface area contributed by atoms with Gasteiger partial charge in [-0.2, -0.15) is 0 Å². The number of ether oxygens (including phenoxy) is 1. The monoisotopic (exact) mass is 288 g/mol. The van der Waals surface area contributed by atoms with Gasteiger partial charge in [0.15, 0.2) is 0 Å². The van der Waals surface area contributed by atoms with Crippen molar-refractivity contribution in [2.45, 2.75) is 19.8 Å². The molecule has 1 aliphatic rings. The van der Waals surface area contributed by atoms with Gasteiger partial charge in [-0.05, 0) is 42.5 Å². The Morgan fingerprint density at radius 2 is 2.19 bits per heavy atom. The van der Waals surface area contributed by atoms with Crippen LogP contribution < -0.4 is 4.74 Å². The van der Waals surface area contributed by atoms with Crippen LogP contribution in [0.1, 0.15) is 18.9 Å². The van der Waals surface area contributed by atoms with Crippen LogP contribution in [-0.2, 0) is 11.2 Å². The molecule has 1 aliphatic heterocycles. The van der Waals surface area contributed by atoms with Crippen molar-refractivity contribution < 1.29 is 9.53 Å². The van der Waals surface area contributed by atoms with Gasteiger partial charge in [-0.1, -0.05) is 17.2 Å². The van der Waals surface area contributed by atoms with Gasteiger partial charge in [-0.15, -0.1) is 0 Å². The van der Waals surface area contributed by atoms with Crippen molar-refractivity contribution in [3.63, 3.8) is 0 Å². The Kier molecular flexibility index (Phi) is 5.46. The largest absolute Gasteiger partial charge is 0.494 e. The third-order valence-electron chi connectivity index (χ3n) is 3.60. The van der Waals surface area contributed by atoms with Crippen molar-refractivity contribution in [2.24, 2.45) is 11.0 Å². The van der Waals surface area contributed by atoms with E-state index < -0.39 is 0 Å². The standard InChI is InChI=1S/C15H20N4O2/c1-2-21-14-5-3-12(4-6-14)7-8-19-11-13(9-15(19)20)10-17-18-16/h3-6,13H,2,7-11H2,1H3. The first-order valence-corrected chi connectivity index (χ1v) is 7.23. The predicted molar refractivity (Wildman–Crippen MR) is 80.0 cm³/mol. The van der Waals surface area contributed by atoms with Crippen LogP contribution in [0.25, 0.3) is 10.4 Å². The summed E-state index contributed by atoms with van der Waals surface area (Å²) in [6.45, 7) is 4.42. The van der Waals surface area contributed by atoms with Gasteiger partial charge in [0.25, 0.3) is 0 Å². The highest BCUT2D eigenvalue weighted by atomic mass is 16.5. The van der Waals surface area contributed by atoms with E-state index in [1.165, 1.54) is 5.56 Å². The molecule has 1 atom stereocenters. The number of likely N-dealkylation sites (tertiary alicyclic amines) is 1. The number of hydrogen-bond donors (Lipinski definition) is 0. The zero-order valence-corrected chi connectivity index (χ0v) is 12.2. The summed E-state index contributed by atoms with van der Waals surface area (Å²) in [4.78, 5) is 16.5. The fourth-order valence-corrected chi connectivity index (χ4v) is 2.53. The van der Waals surface area contributed by atoms with Gasteiger partial charge in [0.2, 0.25) is 5.91 Å². The molecule has 21 heavy (non-hydrogen) atoms. The van der Waals surface area contributed by atoms with Crippen LogP contribution in [0.3, 0.4) is 0 Å². The average molecular weight is 288 g/mol. The number of rotatable bonds is 7. The molecular formula is C15H20N4O2. The summed E-state index contributed by atoms with van der Waals surface area (Å²) in [6.07, 6.45) is 1.31. The van der Waals surface area contributed by atoms with Crippen molar-refractivity contribution in [1.29, 1.82) is 0 Å². The highest BCUT2D eigenvalue weighted by Crippen LogP contribution is 2.19. The summed E-state index contributed by atoms with van der Waals surface area (Å²) in [5, 5.41) is 3.56. The second-order valence-electron chi connectivity index (χ2n) is 5.15. The van der Waals surface area contributed by atoms with Crippen LogP contribution in [-0.4, -0.2) is 37.0 Å². The van der Waals surface area contributed by atoms with Crippen molar-refractivity contribution in [3.8, 4) is 5.75 Å². The zero-order chi connectivity index (χ0) is 15.1. The summed E-state index contributed by atoms with van der Waals surface area (Å²) in [7, 11) is 0. The fraction of sp³-hybridized carbons (Fsp3) is 0.533. The lowest BCUT2D eigenvalue weighted by Gasteiger charge is -2.16. The normalized spacial score (nSPS) is 17.7. The van der Waals surface area contributed by atoms with Gasteiger partial charge in [0, 0.05) is 31.0 Å². The maximum Gasteiger partial charge on any atom is 0.222 e. The number of benzene rings is 1. The van der Waals surface area contributed by atoms with Gasteiger partial charge >= 0.3 is 0 Å². The van der Waals surface area contributed by atoms with E-state index in [2.05, 4.69) is 10.0 Å². The average Bonchev–Trinajstić information content (AvgIpc) is 2.85. The minimum Gasteiger partial charge on any atom is -0.494 e. The molecule has 0 aromatic heterocycles. The molecule has 1 unspecified atom stereocenters. The van der Waals surface area contributed by atoms with Crippen molar-refractivity contribution in [2.75, 3.05) is 26.2 Å². The lowest BCUT2D eigenvalue weighted by atomic mass is 10.1. The minimum absolute atomic E-state index is 0.152. The van der Waals surface area contributed by atoms with Crippen molar-refractivity contribution in [1.82, 2.24) is 4.90 Å². The summed E-state index contributed by atoms with van der Waals surface area (Å²) in [6, 6.07) is 7.97. The third kappa shape index (κ3) is 4.39. The Bertz CT molecular complexity index is 523. The topological polar surface area (TPSA) is 78.3 Å². The van der Waals surface area contributed by atoms with E-state index in [4.69, 9.17) is 10.3 Å². The summed E-state index contributed by atoms with van der Waals surface area (Å²) in [5.74, 6) is 1.18. The molecule has 6 nitrogen and oxygen atoms in total. The van der Waals surface area contributed by atoms with Gasteiger partial charge in [0.1, 0.15) is 5.75 Å². The smallest absolute Gasteiger partial charge is 0.222 e. The zero-order valence-electron chi connectivity index (χ0n) is 12.2. The molecule has 2 rings (SSSR count). The summed E-state index contributed by atoms with van der Waals surface area (Å²) < 4.78 is 5.40. The van der Waals surface area contributed by atoms with Gasteiger partial charge < -0.3 is 9.64 Å². The van der Waals surface area contributed by atoms with Crippen LogP contribution in [0.4, 0.5) is 0 Å².